The van der Waals surface area contributed by atoms with Crippen LogP contribution in [0.5, 0.6) is 0 Å². The van der Waals surface area contributed by atoms with Gasteiger partial charge in [-0.1, -0.05) is 12.1 Å². The molecule has 1 aromatic carbocycles. The quantitative estimate of drug-likeness (QED) is 0.348. The van der Waals surface area contributed by atoms with Crippen LogP contribution in [0.15, 0.2) is 24.3 Å². The molecule has 0 aliphatic carbocycles. The Morgan fingerprint density at radius 3 is 1.65 bits per heavy atom. The number of aliphatic hydroxyl groups is 1. The molecule has 0 spiro atoms. The highest BCUT2D eigenvalue weighted by molar-refractivity contribution is 6.03. The number of carbonyl (C=O) groups excluding carboxylic acids is 2. The molecule has 0 aliphatic heterocycles. The lowest BCUT2D eigenvalue weighted by Gasteiger charge is -2.19. The summed E-state index contributed by atoms with van der Waals surface area (Å²) in [5, 5.41) is 9.62. The number of hydrogen-bond donors (Lipinski definition) is 1. The van der Waals surface area contributed by atoms with E-state index in [2.05, 4.69) is 0 Å². The van der Waals surface area contributed by atoms with Crippen molar-refractivity contribution in [3.63, 3.8) is 0 Å². The van der Waals surface area contributed by atoms with E-state index in [1.165, 1.54) is 12.1 Å². The zero-order valence-corrected chi connectivity index (χ0v) is 19.3. The van der Waals surface area contributed by atoms with Crippen molar-refractivity contribution in [2.75, 3.05) is 46.2 Å². The highest BCUT2D eigenvalue weighted by atomic mass is 16.6. The van der Waals surface area contributed by atoms with Gasteiger partial charge in [0.1, 0.15) is 13.2 Å². The van der Waals surface area contributed by atoms with Gasteiger partial charge in [-0.05, 0) is 53.2 Å². The SMILES string of the molecule is CC(C)(O)CCOCCOC(=O)c1ccccc1C(=O)OCCOCCOC(C)(C)C. The zero-order chi connectivity index (χ0) is 23.3. The Balaban J connectivity index is 2.35. The van der Waals surface area contributed by atoms with Gasteiger partial charge in [0.2, 0.25) is 0 Å². The number of benzene rings is 1. The molecule has 0 heterocycles. The fraction of sp³-hybridized carbons (Fsp3) is 0.652. The average Bonchev–Trinajstić information content (AvgIpc) is 2.67. The molecule has 0 radical (unpaired) electrons. The van der Waals surface area contributed by atoms with Crippen molar-refractivity contribution in [2.45, 2.75) is 52.2 Å². The molecule has 0 aromatic heterocycles. The van der Waals surface area contributed by atoms with E-state index in [9.17, 15) is 14.7 Å². The first-order valence-corrected chi connectivity index (χ1v) is 10.4. The number of ether oxygens (including phenoxy) is 5. The normalized spacial score (nSPS) is 11.9. The van der Waals surface area contributed by atoms with Crippen molar-refractivity contribution in [2.24, 2.45) is 0 Å². The summed E-state index contributed by atoms with van der Waals surface area (Å²) >= 11 is 0. The Kier molecular flexibility index (Phi) is 11.7. The summed E-state index contributed by atoms with van der Waals surface area (Å²) in [5.74, 6) is -1.25. The van der Waals surface area contributed by atoms with Gasteiger partial charge in [-0.3, -0.25) is 0 Å². The van der Waals surface area contributed by atoms with E-state index >= 15 is 0 Å². The van der Waals surface area contributed by atoms with Gasteiger partial charge in [0.15, 0.2) is 0 Å². The van der Waals surface area contributed by atoms with E-state index in [1.807, 2.05) is 20.8 Å². The molecule has 0 fully saturated rings. The van der Waals surface area contributed by atoms with Crippen molar-refractivity contribution >= 4 is 11.9 Å². The lowest BCUT2D eigenvalue weighted by atomic mass is 10.1. The molecule has 0 amide bonds. The predicted octanol–water partition coefficient (Wildman–Crippen LogP) is 3.01. The van der Waals surface area contributed by atoms with Gasteiger partial charge in [0, 0.05) is 6.61 Å². The third-order valence-corrected chi connectivity index (χ3v) is 3.91. The van der Waals surface area contributed by atoms with E-state index in [1.54, 1.807) is 26.0 Å². The molecule has 176 valence electrons. The molecule has 8 heteroatoms. The first kappa shape index (κ1) is 27.0. The summed E-state index contributed by atoms with van der Waals surface area (Å²) in [6.07, 6.45) is 0.475. The molecule has 8 nitrogen and oxygen atoms in total. The summed E-state index contributed by atoms with van der Waals surface area (Å²) < 4.78 is 26.6. The zero-order valence-electron chi connectivity index (χ0n) is 19.3. The Bertz CT molecular complexity index is 673. The molecule has 0 aliphatic rings. The van der Waals surface area contributed by atoms with Gasteiger partial charge >= 0.3 is 11.9 Å². The van der Waals surface area contributed by atoms with Gasteiger partial charge in [0.25, 0.3) is 0 Å². The largest absolute Gasteiger partial charge is 0.460 e. The Morgan fingerprint density at radius 2 is 1.19 bits per heavy atom. The molecule has 1 rings (SSSR count). The maximum atomic E-state index is 12.3. The van der Waals surface area contributed by atoms with Crippen molar-refractivity contribution in [3.05, 3.63) is 35.4 Å². The smallest absolute Gasteiger partial charge is 0.339 e. The molecule has 0 bridgehead atoms. The molecule has 31 heavy (non-hydrogen) atoms. The van der Waals surface area contributed by atoms with Crippen LogP contribution in [0.4, 0.5) is 0 Å². The van der Waals surface area contributed by atoms with Gasteiger partial charge in [-0.25, -0.2) is 9.59 Å². The number of esters is 2. The lowest BCUT2D eigenvalue weighted by Crippen LogP contribution is -2.22. The summed E-state index contributed by atoms with van der Waals surface area (Å²) in [6, 6.07) is 6.31. The van der Waals surface area contributed by atoms with Crippen LogP contribution in [-0.2, 0) is 23.7 Å². The molecular weight excluding hydrogens is 404 g/mol. The topological polar surface area (TPSA) is 101 Å². The molecular formula is C23H36O8. The van der Waals surface area contributed by atoms with Gasteiger partial charge in [-0.2, -0.15) is 0 Å². The third kappa shape index (κ3) is 13.1. The van der Waals surface area contributed by atoms with E-state index in [0.29, 0.717) is 26.2 Å². The Morgan fingerprint density at radius 1 is 0.742 bits per heavy atom. The van der Waals surface area contributed by atoms with Crippen LogP contribution >= 0.6 is 0 Å². The second kappa shape index (κ2) is 13.4. The fourth-order valence-corrected chi connectivity index (χ4v) is 2.31. The maximum Gasteiger partial charge on any atom is 0.339 e. The molecule has 1 aromatic rings. The van der Waals surface area contributed by atoms with Gasteiger partial charge in [0.05, 0.1) is 48.8 Å². The van der Waals surface area contributed by atoms with Crippen LogP contribution in [0.2, 0.25) is 0 Å². The molecule has 1 N–H and O–H groups in total. The van der Waals surface area contributed by atoms with Crippen molar-refractivity contribution < 1.29 is 38.4 Å². The van der Waals surface area contributed by atoms with Crippen molar-refractivity contribution in [1.82, 2.24) is 0 Å². The maximum absolute atomic E-state index is 12.3. The van der Waals surface area contributed by atoms with E-state index in [4.69, 9.17) is 23.7 Å². The van der Waals surface area contributed by atoms with Crippen LogP contribution in [0, 0.1) is 0 Å². The van der Waals surface area contributed by atoms with Crippen LogP contribution in [0.25, 0.3) is 0 Å². The van der Waals surface area contributed by atoms with Crippen LogP contribution in [-0.4, -0.2) is 74.5 Å². The Hall–Kier alpha value is -2.00. The number of rotatable bonds is 14. The first-order valence-electron chi connectivity index (χ1n) is 10.4. The summed E-state index contributed by atoms with van der Waals surface area (Å²) in [5.41, 5.74) is -0.771. The van der Waals surface area contributed by atoms with E-state index in [0.717, 1.165) is 0 Å². The molecule has 0 atom stereocenters. The van der Waals surface area contributed by atoms with Gasteiger partial charge < -0.3 is 28.8 Å². The number of hydrogen-bond acceptors (Lipinski definition) is 8. The monoisotopic (exact) mass is 440 g/mol. The lowest BCUT2D eigenvalue weighted by molar-refractivity contribution is -0.0400. The molecule has 0 saturated carbocycles. The third-order valence-electron chi connectivity index (χ3n) is 3.91. The Labute approximate surface area is 184 Å². The summed E-state index contributed by atoms with van der Waals surface area (Å²) in [7, 11) is 0. The second-order valence-electron chi connectivity index (χ2n) is 8.57. The van der Waals surface area contributed by atoms with E-state index < -0.39 is 17.5 Å². The summed E-state index contributed by atoms with van der Waals surface area (Å²) in [6.45, 7) is 11.0. The van der Waals surface area contributed by atoms with Crippen molar-refractivity contribution in [1.29, 1.82) is 0 Å². The minimum absolute atomic E-state index is 0.0402. The first-order chi connectivity index (χ1) is 14.5. The number of carbonyl (C=O) groups is 2. The highest BCUT2D eigenvalue weighted by Crippen LogP contribution is 2.12. The standard InChI is InChI=1S/C23H36O8/c1-22(2,3)31-17-14-28-13-16-30-21(25)19-9-7-6-8-18(19)20(24)29-15-12-27-11-10-23(4,5)26/h6-9,26H,10-17H2,1-5H3. The second-order valence-corrected chi connectivity index (χ2v) is 8.57. The predicted molar refractivity (Wildman–Crippen MR) is 115 cm³/mol. The molecule has 0 saturated heterocycles. The molecule has 0 unspecified atom stereocenters. The van der Waals surface area contributed by atoms with Crippen LogP contribution in [0.3, 0.4) is 0 Å². The minimum Gasteiger partial charge on any atom is -0.460 e. The van der Waals surface area contributed by atoms with Crippen LogP contribution in [0.1, 0.15) is 61.8 Å². The van der Waals surface area contributed by atoms with Crippen molar-refractivity contribution in [3.8, 4) is 0 Å². The minimum atomic E-state index is -0.804. The van der Waals surface area contributed by atoms with Gasteiger partial charge in [-0.15, -0.1) is 0 Å². The van der Waals surface area contributed by atoms with E-state index in [-0.39, 0.29) is 43.2 Å². The average molecular weight is 441 g/mol. The summed E-state index contributed by atoms with van der Waals surface area (Å²) in [4.78, 5) is 24.7. The van der Waals surface area contributed by atoms with Crippen LogP contribution < -0.4 is 0 Å². The fourth-order valence-electron chi connectivity index (χ4n) is 2.31. The highest BCUT2D eigenvalue weighted by Gasteiger charge is 2.19.